The SMILES string of the molecule is O=C1C=C2CCCC=C2O1. The number of fused-ring (bicyclic) bond motifs is 1. The molecule has 0 bridgehead atoms. The van der Waals surface area contributed by atoms with Crippen molar-refractivity contribution in [3.8, 4) is 0 Å². The van der Waals surface area contributed by atoms with Gasteiger partial charge in [-0.3, -0.25) is 0 Å². The van der Waals surface area contributed by atoms with Crippen molar-refractivity contribution in [2.24, 2.45) is 0 Å². The predicted octanol–water partition coefficient (Wildman–Crippen LogP) is 1.54. The van der Waals surface area contributed by atoms with Gasteiger partial charge in [-0.25, -0.2) is 4.79 Å². The van der Waals surface area contributed by atoms with Gasteiger partial charge in [-0.05, 0) is 25.3 Å². The monoisotopic (exact) mass is 136 g/mol. The van der Waals surface area contributed by atoms with E-state index < -0.39 is 0 Å². The standard InChI is InChI=1S/C8H8O2/c9-8-5-6-3-1-2-4-7(6)10-8/h4-5H,1-3H2. The number of ether oxygens (including phenoxy) is 1. The lowest BCUT2D eigenvalue weighted by atomic mass is 10.0. The molecule has 0 aromatic rings. The van der Waals surface area contributed by atoms with Crippen LogP contribution in [-0.4, -0.2) is 5.97 Å². The molecule has 0 aromatic carbocycles. The molecule has 0 unspecified atom stereocenters. The summed E-state index contributed by atoms with van der Waals surface area (Å²) in [5.41, 5.74) is 1.08. The minimum Gasteiger partial charge on any atom is -0.423 e. The third-order valence-corrected chi connectivity index (χ3v) is 1.80. The lowest BCUT2D eigenvalue weighted by Gasteiger charge is -2.08. The third kappa shape index (κ3) is 0.764. The Balaban J connectivity index is 2.35. The van der Waals surface area contributed by atoms with Crippen molar-refractivity contribution in [2.45, 2.75) is 19.3 Å². The van der Waals surface area contributed by atoms with Crippen LogP contribution in [0.15, 0.2) is 23.5 Å². The molecule has 0 radical (unpaired) electrons. The highest BCUT2D eigenvalue weighted by atomic mass is 16.5. The van der Waals surface area contributed by atoms with Crippen molar-refractivity contribution in [1.29, 1.82) is 0 Å². The zero-order valence-corrected chi connectivity index (χ0v) is 5.59. The van der Waals surface area contributed by atoms with Gasteiger partial charge in [-0.1, -0.05) is 0 Å². The Kier molecular flexibility index (Phi) is 1.13. The summed E-state index contributed by atoms with van der Waals surface area (Å²) < 4.78 is 4.89. The largest absolute Gasteiger partial charge is 0.423 e. The fraction of sp³-hybridized carbons (Fsp3) is 0.375. The number of hydrogen-bond donors (Lipinski definition) is 0. The minimum absolute atomic E-state index is 0.205. The molecule has 52 valence electrons. The van der Waals surface area contributed by atoms with Crippen molar-refractivity contribution in [3.05, 3.63) is 23.5 Å². The molecule has 1 heterocycles. The van der Waals surface area contributed by atoms with Crippen LogP contribution in [0.25, 0.3) is 0 Å². The number of carbonyl (C=O) groups is 1. The van der Waals surface area contributed by atoms with Crippen LogP contribution in [0.1, 0.15) is 19.3 Å². The number of hydrogen-bond acceptors (Lipinski definition) is 2. The predicted molar refractivity (Wildman–Crippen MR) is 36.1 cm³/mol. The van der Waals surface area contributed by atoms with E-state index in [9.17, 15) is 4.79 Å². The van der Waals surface area contributed by atoms with Gasteiger partial charge in [0.15, 0.2) is 0 Å². The molecule has 10 heavy (non-hydrogen) atoms. The number of allylic oxidation sites excluding steroid dienone is 2. The quantitative estimate of drug-likeness (QED) is 0.472. The van der Waals surface area contributed by atoms with E-state index >= 15 is 0 Å². The average Bonchev–Trinajstić information content (AvgIpc) is 2.27. The lowest BCUT2D eigenvalue weighted by molar-refractivity contribution is -0.132. The second-order valence-electron chi connectivity index (χ2n) is 2.55. The zero-order valence-electron chi connectivity index (χ0n) is 5.59. The van der Waals surface area contributed by atoms with Crippen LogP contribution in [0.3, 0.4) is 0 Å². The van der Waals surface area contributed by atoms with Gasteiger partial charge >= 0.3 is 5.97 Å². The molecule has 0 fully saturated rings. The van der Waals surface area contributed by atoms with Gasteiger partial charge in [0.25, 0.3) is 0 Å². The number of rotatable bonds is 0. The molecule has 0 saturated carbocycles. The highest BCUT2D eigenvalue weighted by molar-refractivity contribution is 5.88. The maximum Gasteiger partial charge on any atom is 0.336 e. The van der Waals surface area contributed by atoms with Gasteiger partial charge in [0.05, 0.1) is 0 Å². The maximum absolute atomic E-state index is 10.7. The van der Waals surface area contributed by atoms with Crippen molar-refractivity contribution >= 4 is 5.97 Å². The van der Waals surface area contributed by atoms with E-state index in [0.29, 0.717) is 0 Å². The van der Waals surface area contributed by atoms with Crippen LogP contribution in [0.4, 0.5) is 0 Å². The van der Waals surface area contributed by atoms with Gasteiger partial charge in [-0.15, -0.1) is 0 Å². The van der Waals surface area contributed by atoms with E-state index in [-0.39, 0.29) is 5.97 Å². The molecule has 0 amide bonds. The smallest absolute Gasteiger partial charge is 0.336 e. The number of esters is 1. The minimum atomic E-state index is -0.205. The highest BCUT2D eigenvalue weighted by Gasteiger charge is 2.21. The van der Waals surface area contributed by atoms with E-state index in [4.69, 9.17) is 4.74 Å². The van der Waals surface area contributed by atoms with Crippen LogP contribution in [0.5, 0.6) is 0 Å². The molecule has 2 heteroatoms. The van der Waals surface area contributed by atoms with E-state index in [1.807, 2.05) is 6.08 Å². The van der Waals surface area contributed by atoms with Gasteiger partial charge < -0.3 is 4.74 Å². The first kappa shape index (κ1) is 5.71. The molecule has 0 saturated heterocycles. The van der Waals surface area contributed by atoms with Crippen LogP contribution < -0.4 is 0 Å². The summed E-state index contributed by atoms with van der Waals surface area (Å²) in [6.07, 6.45) is 6.76. The first-order valence-electron chi connectivity index (χ1n) is 3.49. The highest BCUT2D eigenvalue weighted by Crippen LogP contribution is 2.28. The fourth-order valence-electron chi connectivity index (χ4n) is 1.31. The van der Waals surface area contributed by atoms with Gasteiger partial charge in [0.2, 0.25) is 0 Å². The van der Waals surface area contributed by atoms with Gasteiger partial charge in [0, 0.05) is 11.6 Å². The summed E-state index contributed by atoms with van der Waals surface area (Å²) in [7, 11) is 0. The van der Waals surface area contributed by atoms with E-state index in [2.05, 4.69) is 0 Å². The summed E-state index contributed by atoms with van der Waals surface area (Å²) in [6, 6.07) is 0. The van der Waals surface area contributed by atoms with E-state index in [1.165, 1.54) is 0 Å². The summed E-state index contributed by atoms with van der Waals surface area (Å²) in [4.78, 5) is 10.7. The first-order chi connectivity index (χ1) is 4.86. The molecule has 2 rings (SSSR count). The van der Waals surface area contributed by atoms with Crippen LogP contribution in [-0.2, 0) is 9.53 Å². The van der Waals surface area contributed by atoms with Gasteiger partial charge in [0.1, 0.15) is 5.76 Å². The summed E-state index contributed by atoms with van der Waals surface area (Å²) in [5, 5.41) is 0. The summed E-state index contributed by atoms with van der Waals surface area (Å²) >= 11 is 0. The summed E-state index contributed by atoms with van der Waals surface area (Å²) in [6.45, 7) is 0. The summed E-state index contributed by atoms with van der Waals surface area (Å²) in [5.74, 6) is 0.597. The van der Waals surface area contributed by atoms with Crippen molar-refractivity contribution in [3.63, 3.8) is 0 Å². The van der Waals surface area contributed by atoms with Crippen molar-refractivity contribution in [2.75, 3.05) is 0 Å². The Hall–Kier alpha value is -1.05. The molecular formula is C8H8O2. The molecule has 0 N–H and O–H groups in total. The molecule has 0 aromatic heterocycles. The molecule has 1 aliphatic carbocycles. The van der Waals surface area contributed by atoms with Crippen LogP contribution in [0, 0.1) is 0 Å². The van der Waals surface area contributed by atoms with Crippen molar-refractivity contribution < 1.29 is 9.53 Å². The normalized spacial score (nSPS) is 23.0. The van der Waals surface area contributed by atoms with Crippen LogP contribution >= 0.6 is 0 Å². The Bertz CT molecular complexity index is 236. The Labute approximate surface area is 59.2 Å². The second kappa shape index (κ2) is 1.97. The molecule has 2 aliphatic rings. The Morgan fingerprint density at radius 3 is 3.20 bits per heavy atom. The second-order valence-corrected chi connectivity index (χ2v) is 2.55. The molecule has 0 spiro atoms. The molecule has 2 nitrogen and oxygen atoms in total. The molecule has 0 atom stereocenters. The van der Waals surface area contributed by atoms with E-state index in [0.717, 1.165) is 30.6 Å². The Morgan fingerprint density at radius 1 is 1.50 bits per heavy atom. The molecular weight excluding hydrogens is 128 g/mol. The maximum atomic E-state index is 10.7. The molecule has 1 aliphatic heterocycles. The average molecular weight is 136 g/mol. The zero-order chi connectivity index (χ0) is 6.97. The topological polar surface area (TPSA) is 26.3 Å². The number of carbonyl (C=O) groups excluding carboxylic acids is 1. The van der Waals surface area contributed by atoms with Crippen molar-refractivity contribution in [1.82, 2.24) is 0 Å². The van der Waals surface area contributed by atoms with Gasteiger partial charge in [-0.2, -0.15) is 0 Å². The fourth-order valence-corrected chi connectivity index (χ4v) is 1.31. The third-order valence-electron chi connectivity index (χ3n) is 1.80. The van der Waals surface area contributed by atoms with Crippen LogP contribution in [0.2, 0.25) is 0 Å². The lowest BCUT2D eigenvalue weighted by Crippen LogP contribution is -1.94. The Morgan fingerprint density at radius 2 is 2.40 bits per heavy atom. The first-order valence-corrected chi connectivity index (χ1v) is 3.49. The van der Waals surface area contributed by atoms with E-state index in [1.54, 1.807) is 6.08 Å².